The molecular formula is C24H33N5O2S. The first kappa shape index (κ1) is 22.9. The monoisotopic (exact) mass is 455 g/mol. The Morgan fingerprint density at radius 3 is 2.44 bits per heavy atom. The molecule has 2 aromatic rings. The van der Waals surface area contributed by atoms with E-state index < -0.39 is 5.60 Å². The number of fused-ring (bicyclic) bond motifs is 1. The van der Waals surface area contributed by atoms with E-state index in [2.05, 4.69) is 40.1 Å². The summed E-state index contributed by atoms with van der Waals surface area (Å²) in [5.41, 5.74) is 3.25. The van der Waals surface area contributed by atoms with Gasteiger partial charge in [0.05, 0.1) is 5.69 Å². The molecule has 8 heteroatoms. The summed E-state index contributed by atoms with van der Waals surface area (Å²) in [5, 5.41) is 0.815. The summed E-state index contributed by atoms with van der Waals surface area (Å²) < 4.78 is 5.54. The molecular weight excluding hydrogens is 422 g/mol. The van der Waals surface area contributed by atoms with Crippen LogP contribution in [0.2, 0.25) is 0 Å². The largest absolute Gasteiger partial charge is 0.444 e. The molecule has 1 saturated heterocycles. The van der Waals surface area contributed by atoms with E-state index in [0.29, 0.717) is 13.1 Å². The second-order valence-corrected chi connectivity index (χ2v) is 10.1. The molecule has 1 fully saturated rings. The van der Waals surface area contributed by atoms with Crippen LogP contribution in [0.25, 0.3) is 0 Å². The third-order valence-electron chi connectivity index (χ3n) is 5.76. The lowest BCUT2D eigenvalue weighted by molar-refractivity contribution is 0.0240. The number of hydrogen-bond donors (Lipinski definition) is 0. The van der Waals surface area contributed by atoms with Crippen molar-refractivity contribution in [3.05, 3.63) is 47.2 Å². The number of amides is 1. The number of carbonyl (C=O) groups is 1. The van der Waals surface area contributed by atoms with Crippen molar-refractivity contribution in [3.8, 4) is 0 Å². The lowest BCUT2D eigenvalue weighted by Crippen LogP contribution is -2.50. The van der Waals surface area contributed by atoms with Gasteiger partial charge in [-0.1, -0.05) is 42.1 Å². The van der Waals surface area contributed by atoms with Crippen molar-refractivity contribution in [2.45, 2.75) is 51.0 Å². The molecule has 172 valence electrons. The molecule has 2 aliphatic heterocycles. The van der Waals surface area contributed by atoms with E-state index in [9.17, 15) is 4.79 Å². The molecule has 0 bridgehead atoms. The minimum Gasteiger partial charge on any atom is -0.444 e. The lowest BCUT2D eigenvalue weighted by atomic mass is 10.0. The Morgan fingerprint density at radius 2 is 1.78 bits per heavy atom. The maximum absolute atomic E-state index is 12.4. The van der Waals surface area contributed by atoms with Crippen LogP contribution in [0.3, 0.4) is 0 Å². The number of carbonyl (C=O) groups excluding carboxylic acids is 1. The van der Waals surface area contributed by atoms with Crippen LogP contribution >= 0.6 is 11.8 Å². The summed E-state index contributed by atoms with van der Waals surface area (Å²) in [7, 11) is 0. The molecule has 1 aromatic carbocycles. The molecule has 32 heavy (non-hydrogen) atoms. The zero-order valence-electron chi connectivity index (χ0n) is 19.5. The average molecular weight is 456 g/mol. The Hall–Kier alpha value is -2.32. The molecule has 1 amide bonds. The third-order valence-corrected chi connectivity index (χ3v) is 6.31. The van der Waals surface area contributed by atoms with E-state index in [1.165, 1.54) is 11.1 Å². The number of thioether (sulfide) groups is 1. The summed E-state index contributed by atoms with van der Waals surface area (Å²) in [4.78, 5) is 28.7. The summed E-state index contributed by atoms with van der Waals surface area (Å²) in [6.07, 6.45) is 2.73. The fraction of sp³-hybridized carbons (Fsp3) is 0.542. The van der Waals surface area contributed by atoms with Gasteiger partial charge in [-0.25, -0.2) is 14.8 Å². The average Bonchev–Trinajstić information content (AvgIpc) is 2.78. The number of benzene rings is 1. The second kappa shape index (κ2) is 9.67. The van der Waals surface area contributed by atoms with Crippen molar-refractivity contribution < 1.29 is 9.53 Å². The molecule has 0 N–H and O–H groups in total. The highest BCUT2D eigenvalue weighted by atomic mass is 32.2. The minimum absolute atomic E-state index is 0.233. The van der Waals surface area contributed by atoms with E-state index in [-0.39, 0.29) is 6.09 Å². The van der Waals surface area contributed by atoms with Crippen molar-refractivity contribution in [1.29, 1.82) is 0 Å². The van der Waals surface area contributed by atoms with E-state index in [1.54, 1.807) is 16.7 Å². The van der Waals surface area contributed by atoms with Gasteiger partial charge in [0, 0.05) is 51.4 Å². The summed E-state index contributed by atoms with van der Waals surface area (Å²) in [6, 6.07) is 10.6. The Kier molecular flexibility index (Phi) is 6.90. The van der Waals surface area contributed by atoms with Crippen molar-refractivity contribution in [2.75, 3.05) is 43.9 Å². The molecule has 3 heterocycles. The molecule has 0 unspecified atom stereocenters. The van der Waals surface area contributed by atoms with Gasteiger partial charge >= 0.3 is 6.09 Å². The van der Waals surface area contributed by atoms with E-state index in [0.717, 1.165) is 55.8 Å². The first-order valence-corrected chi connectivity index (χ1v) is 12.5. The fourth-order valence-electron chi connectivity index (χ4n) is 4.20. The van der Waals surface area contributed by atoms with Crippen LogP contribution < -0.4 is 4.90 Å². The first-order chi connectivity index (χ1) is 15.3. The second-order valence-electron chi connectivity index (χ2n) is 9.36. The van der Waals surface area contributed by atoms with Crippen LogP contribution in [0.15, 0.2) is 35.5 Å². The van der Waals surface area contributed by atoms with Crippen molar-refractivity contribution in [3.63, 3.8) is 0 Å². The highest BCUT2D eigenvalue weighted by Crippen LogP contribution is 2.30. The van der Waals surface area contributed by atoms with Gasteiger partial charge in [0.15, 0.2) is 5.16 Å². The van der Waals surface area contributed by atoms with Crippen LogP contribution in [0.5, 0.6) is 0 Å². The Balaban J connectivity index is 1.47. The zero-order chi connectivity index (χ0) is 22.7. The van der Waals surface area contributed by atoms with Crippen LogP contribution in [0.1, 0.15) is 37.6 Å². The van der Waals surface area contributed by atoms with Gasteiger partial charge in [0.25, 0.3) is 0 Å². The normalized spacial score (nSPS) is 17.2. The standard InChI is InChI=1S/C24H33N5O2S/c1-24(2,3)31-23(30)29-14-12-28(13-15-29)21-19-10-11-27(16-18-8-6-5-7-9-18)17-20(19)25-22(26-21)32-4/h5-9H,10-17H2,1-4H3. The summed E-state index contributed by atoms with van der Waals surface area (Å²) >= 11 is 1.58. The molecule has 7 nitrogen and oxygen atoms in total. The highest BCUT2D eigenvalue weighted by Gasteiger charge is 2.30. The Bertz CT molecular complexity index is 939. The molecule has 0 saturated carbocycles. The molecule has 1 aromatic heterocycles. The van der Waals surface area contributed by atoms with Gasteiger partial charge in [0.2, 0.25) is 0 Å². The number of ether oxygens (including phenoxy) is 1. The van der Waals surface area contributed by atoms with Crippen molar-refractivity contribution in [2.24, 2.45) is 0 Å². The Labute approximate surface area is 195 Å². The number of rotatable bonds is 4. The van der Waals surface area contributed by atoms with Gasteiger partial charge in [-0.2, -0.15) is 0 Å². The van der Waals surface area contributed by atoms with Gasteiger partial charge < -0.3 is 14.5 Å². The number of nitrogens with zero attached hydrogens (tertiary/aromatic N) is 5. The van der Waals surface area contributed by atoms with Crippen molar-refractivity contribution in [1.82, 2.24) is 19.8 Å². The molecule has 2 aliphatic rings. The molecule has 0 radical (unpaired) electrons. The van der Waals surface area contributed by atoms with Crippen LogP contribution in [0.4, 0.5) is 10.6 Å². The number of aromatic nitrogens is 2. The number of anilines is 1. The molecule has 4 rings (SSSR count). The zero-order valence-corrected chi connectivity index (χ0v) is 20.3. The van der Waals surface area contributed by atoms with E-state index in [4.69, 9.17) is 14.7 Å². The highest BCUT2D eigenvalue weighted by molar-refractivity contribution is 7.98. The molecule has 0 atom stereocenters. The van der Waals surface area contributed by atoms with Gasteiger partial charge in [-0.3, -0.25) is 4.90 Å². The minimum atomic E-state index is -0.473. The maximum atomic E-state index is 12.4. The summed E-state index contributed by atoms with van der Waals surface area (Å²) in [6.45, 7) is 11.3. The van der Waals surface area contributed by atoms with E-state index in [1.807, 2.05) is 27.0 Å². The SMILES string of the molecule is CSc1nc2c(c(N3CCN(C(=O)OC(C)(C)C)CC3)n1)CCN(Cc1ccccc1)C2. The van der Waals surface area contributed by atoms with Gasteiger partial charge in [0.1, 0.15) is 11.4 Å². The van der Waals surface area contributed by atoms with Gasteiger partial charge in [-0.15, -0.1) is 0 Å². The lowest BCUT2D eigenvalue weighted by Gasteiger charge is -2.38. The quantitative estimate of drug-likeness (QED) is 0.513. The van der Waals surface area contributed by atoms with Gasteiger partial charge in [-0.05, 0) is 39.0 Å². The van der Waals surface area contributed by atoms with Crippen LogP contribution in [-0.4, -0.2) is 70.4 Å². The number of piperazine rings is 1. The van der Waals surface area contributed by atoms with E-state index >= 15 is 0 Å². The predicted octanol–water partition coefficient (Wildman–Crippen LogP) is 3.81. The van der Waals surface area contributed by atoms with Crippen LogP contribution in [0, 0.1) is 0 Å². The number of hydrogen-bond acceptors (Lipinski definition) is 7. The fourth-order valence-corrected chi connectivity index (χ4v) is 4.58. The van der Waals surface area contributed by atoms with Crippen LogP contribution in [-0.2, 0) is 24.2 Å². The molecule has 0 spiro atoms. The maximum Gasteiger partial charge on any atom is 0.410 e. The molecule has 0 aliphatic carbocycles. The third kappa shape index (κ3) is 5.53. The van der Waals surface area contributed by atoms with Crippen molar-refractivity contribution >= 4 is 23.7 Å². The smallest absolute Gasteiger partial charge is 0.410 e. The topological polar surface area (TPSA) is 61.8 Å². The summed E-state index contributed by atoms with van der Waals surface area (Å²) in [5.74, 6) is 1.04. The Morgan fingerprint density at radius 1 is 1.06 bits per heavy atom. The first-order valence-electron chi connectivity index (χ1n) is 11.3. The predicted molar refractivity (Wildman–Crippen MR) is 128 cm³/mol.